The second kappa shape index (κ2) is 10.4. The van der Waals surface area contributed by atoms with Gasteiger partial charge in [-0.15, -0.1) is 24.0 Å². The molecule has 3 aliphatic rings. The van der Waals surface area contributed by atoms with Gasteiger partial charge in [0.2, 0.25) is 0 Å². The van der Waals surface area contributed by atoms with Gasteiger partial charge in [-0.25, -0.2) is 0 Å². The summed E-state index contributed by atoms with van der Waals surface area (Å²) in [6, 6.07) is 1.31. The third kappa shape index (κ3) is 6.34. The number of halogens is 1. The van der Waals surface area contributed by atoms with Crippen molar-refractivity contribution >= 4 is 40.7 Å². The predicted molar refractivity (Wildman–Crippen MR) is 117 cm³/mol. The Hall–Kier alpha value is 0.110. The van der Waals surface area contributed by atoms with Crippen LogP contribution in [-0.2, 0) is 10.8 Å². The predicted octanol–water partition coefficient (Wildman–Crippen LogP) is 2.33. The van der Waals surface area contributed by atoms with Crippen molar-refractivity contribution in [2.45, 2.75) is 69.2 Å². The summed E-state index contributed by atoms with van der Waals surface area (Å²) in [7, 11) is 1.19. The van der Waals surface area contributed by atoms with Crippen LogP contribution in [0.25, 0.3) is 0 Å². The Morgan fingerprint density at radius 3 is 2.72 bits per heavy atom. The average Bonchev–Trinajstić information content (AvgIpc) is 3.36. The van der Waals surface area contributed by atoms with E-state index in [1.807, 2.05) is 14.0 Å². The molecule has 3 fully saturated rings. The average molecular weight is 482 g/mol. The Bertz CT molecular complexity index is 472. The minimum absolute atomic E-state index is 0. The highest BCUT2D eigenvalue weighted by molar-refractivity contribution is 14.0. The molecule has 146 valence electrons. The molecule has 3 rings (SSSR count). The van der Waals surface area contributed by atoms with Crippen LogP contribution in [0.3, 0.4) is 0 Å². The lowest BCUT2D eigenvalue weighted by molar-refractivity contribution is 0.314. The fourth-order valence-corrected chi connectivity index (χ4v) is 5.53. The SMILES string of the molecule is CCS(=O)C1CCCC(NC(=NC)NCC2CCN(C3CC3)C2)C1.I. The first-order valence-corrected chi connectivity index (χ1v) is 11.2. The molecule has 4 atom stereocenters. The van der Waals surface area contributed by atoms with Crippen LogP contribution in [0.1, 0.15) is 51.9 Å². The summed E-state index contributed by atoms with van der Waals surface area (Å²) in [5.41, 5.74) is 0. The Morgan fingerprint density at radius 1 is 1.24 bits per heavy atom. The maximum atomic E-state index is 12.1. The molecular weight excluding hydrogens is 447 g/mol. The van der Waals surface area contributed by atoms with E-state index < -0.39 is 10.8 Å². The zero-order chi connectivity index (χ0) is 16.9. The van der Waals surface area contributed by atoms with Gasteiger partial charge in [0.25, 0.3) is 0 Å². The van der Waals surface area contributed by atoms with E-state index in [1.165, 1.54) is 38.8 Å². The monoisotopic (exact) mass is 482 g/mol. The first kappa shape index (κ1) is 21.4. The molecule has 0 radical (unpaired) electrons. The second-order valence-corrected chi connectivity index (χ2v) is 9.64. The number of aliphatic imine (C=N–C) groups is 1. The number of nitrogens with one attached hydrogen (secondary N) is 2. The van der Waals surface area contributed by atoms with Gasteiger partial charge in [-0.3, -0.25) is 9.20 Å². The number of rotatable bonds is 6. The lowest BCUT2D eigenvalue weighted by Crippen LogP contribution is -2.47. The summed E-state index contributed by atoms with van der Waals surface area (Å²) in [6.45, 7) is 5.56. The van der Waals surface area contributed by atoms with Crippen molar-refractivity contribution in [3.8, 4) is 0 Å². The summed E-state index contributed by atoms with van der Waals surface area (Å²) in [4.78, 5) is 7.07. The number of likely N-dealkylation sites (tertiary alicyclic amines) is 1. The molecule has 2 saturated carbocycles. The molecule has 2 N–H and O–H groups in total. The van der Waals surface area contributed by atoms with Gasteiger partial charge in [-0.1, -0.05) is 13.3 Å². The molecule has 0 aromatic rings. The molecule has 0 spiro atoms. The van der Waals surface area contributed by atoms with Crippen molar-refractivity contribution in [1.29, 1.82) is 0 Å². The van der Waals surface area contributed by atoms with Gasteiger partial charge in [-0.2, -0.15) is 0 Å². The molecule has 2 aliphatic carbocycles. The molecular formula is C18H35IN4OS. The van der Waals surface area contributed by atoms with E-state index in [-0.39, 0.29) is 24.0 Å². The van der Waals surface area contributed by atoms with E-state index in [0.29, 0.717) is 11.3 Å². The largest absolute Gasteiger partial charge is 0.356 e. The van der Waals surface area contributed by atoms with Crippen LogP contribution < -0.4 is 10.6 Å². The van der Waals surface area contributed by atoms with Gasteiger partial charge in [-0.05, 0) is 51.0 Å². The maximum absolute atomic E-state index is 12.1. The quantitative estimate of drug-likeness (QED) is 0.347. The van der Waals surface area contributed by atoms with Crippen molar-refractivity contribution in [2.75, 3.05) is 32.4 Å². The van der Waals surface area contributed by atoms with Crippen molar-refractivity contribution in [3.63, 3.8) is 0 Å². The van der Waals surface area contributed by atoms with E-state index in [0.717, 1.165) is 49.5 Å². The third-order valence-electron chi connectivity index (χ3n) is 5.79. The molecule has 0 aromatic carbocycles. The van der Waals surface area contributed by atoms with Crippen molar-refractivity contribution in [3.05, 3.63) is 0 Å². The number of hydrogen-bond acceptors (Lipinski definition) is 3. The van der Waals surface area contributed by atoms with Gasteiger partial charge in [0.05, 0.1) is 0 Å². The summed E-state index contributed by atoms with van der Waals surface area (Å²) in [6.07, 6.45) is 8.59. The van der Waals surface area contributed by atoms with Crippen LogP contribution in [0.4, 0.5) is 0 Å². The minimum atomic E-state index is -0.665. The fraction of sp³-hybridized carbons (Fsp3) is 0.944. The lowest BCUT2D eigenvalue weighted by atomic mass is 9.95. The van der Waals surface area contributed by atoms with Crippen LogP contribution >= 0.6 is 24.0 Å². The summed E-state index contributed by atoms with van der Waals surface area (Å²) >= 11 is 0. The van der Waals surface area contributed by atoms with E-state index in [1.54, 1.807) is 0 Å². The van der Waals surface area contributed by atoms with Gasteiger partial charge in [0, 0.05) is 54.0 Å². The molecule has 1 saturated heterocycles. The van der Waals surface area contributed by atoms with Crippen LogP contribution in [0.2, 0.25) is 0 Å². The van der Waals surface area contributed by atoms with Crippen LogP contribution in [0, 0.1) is 5.92 Å². The summed E-state index contributed by atoms with van der Waals surface area (Å²) in [5, 5.41) is 7.47. The molecule has 0 amide bonds. The summed E-state index contributed by atoms with van der Waals surface area (Å²) < 4.78 is 12.1. The van der Waals surface area contributed by atoms with Gasteiger partial charge >= 0.3 is 0 Å². The van der Waals surface area contributed by atoms with E-state index in [4.69, 9.17) is 0 Å². The zero-order valence-electron chi connectivity index (χ0n) is 15.7. The Morgan fingerprint density at radius 2 is 2.04 bits per heavy atom. The highest BCUT2D eigenvalue weighted by Gasteiger charge is 2.34. The fourth-order valence-electron chi connectivity index (χ4n) is 4.18. The highest BCUT2D eigenvalue weighted by atomic mass is 127. The summed E-state index contributed by atoms with van der Waals surface area (Å²) in [5.74, 6) is 2.45. The smallest absolute Gasteiger partial charge is 0.191 e. The molecule has 4 unspecified atom stereocenters. The third-order valence-corrected chi connectivity index (χ3v) is 7.53. The van der Waals surface area contributed by atoms with Crippen molar-refractivity contribution in [2.24, 2.45) is 10.9 Å². The maximum Gasteiger partial charge on any atom is 0.191 e. The Kier molecular flexibility index (Phi) is 8.95. The van der Waals surface area contributed by atoms with Crippen molar-refractivity contribution < 1.29 is 4.21 Å². The molecule has 5 nitrogen and oxygen atoms in total. The molecule has 7 heteroatoms. The lowest BCUT2D eigenvalue weighted by Gasteiger charge is -2.30. The Labute approximate surface area is 172 Å². The molecule has 25 heavy (non-hydrogen) atoms. The number of hydrogen-bond donors (Lipinski definition) is 2. The van der Waals surface area contributed by atoms with Gasteiger partial charge in [0.15, 0.2) is 5.96 Å². The second-order valence-electron chi connectivity index (χ2n) is 7.63. The highest BCUT2D eigenvalue weighted by Crippen LogP contribution is 2.31. The molecule has 1 aliphatic heterocycles. The topological polar surface area (TPSA) is 56.7 Å². The van der Waals surface area contributed by atoms with Crippen molar-refractivity contribution in [1.82, 2.24) is 15.5 Å². The number of nitrogens with zero attached hydrogens (tertiary/aromatic N) is 2. The van der Waals surface area contributed by atoms with Gasteiger partial charge < -0.3 is 15.5 Å². The van der Waals surface area contributed by atoms with E-state index in [2.05, 4.69) is 20.5 Å². The molecule has 0 bridgehead atoms. The molecule has 1 heterocycles. The van der Waals surface area contributed by atoms with Crippen LogP contribution in [0.5, 0.6) is 0 Å². The zero-order valence-corrected chi connectivity index (χ0v) is 18.9. The van der Waals surface area contributed by atoms with E-state index >= 15 is 0 Å². The van der Waals surface area contributed by atoms with Crippen LogP contribution in [0.15, 0.2) is 4.99 Å². The molecule has 0 aromatic heterocycles. The normalized spacial score (nSPS) is 32.1. The first-order valence-electron chi connectivity index (χ1n) is 9.78. The standard InChI is InChI=1S/C18H34N4OS.HI/c1-3-24(23)17-6-4-5-15(11-17)21-18(19-2)20-12-14-9-10-22(13-14)16-7-8-16;/h14-17H,3-13H2,1-2H3,(H2,19,20,21);1H. The Balaban J connectivity index is 0.00000225. The minimum Gasteiger partial charge on any atom is -0.356 e. The van der Waals surface area contributed by atoms with Crippen LogP contribution in [-0.4, -0.2) is 64.8 Å². The van der Waals surface area contributed by atoms with Gasteiger partial charge in [0.1, 0.15) is 0 Å². The van der Waals surface area contributed by atoms with E-state index in [9.17, 15) is 4.21 Å². The first-order chi connectivity index (χ1) is 11.7. The number of guanidine groups is 1.